The van der Waals surface area contributed by atoms with Crippen LogP contribution in [0.4, 0.5) is 0 Å². The normalized spacial score (nSPS) is 15.7. The maximum absolute atomic E-state index is 2.45. The van der Waals surface area contributed by atoms with Crippen LogP contribution in [-0.4, -0.2) is 6.66 Å². The van der Waals surface area contributed by atoms with E-state index >= 15 is 0 Å². The van der Waals surface area contributed by atoms with Crippen molar-refractivity contribution in [2.75, 3.05) is 6.66 Å². The second kappa shape index (κ2) is 5.23. The zero-order chi connectivity index (χ0) is 15.0. The summed E-state index contributed by atoms with van der Waals surface area (Å²) >= 11 is 0. The molecule has 0 bridgehead atoms. The maximum atomic E-state index is 2.45. The lowest BCUT2D eigenvalue weighted by Gasteiger charge is -2.06. The Morgan fingerprint density at radius 3 is 1.27 bits per heavy atom. The Morgan fingerprint density at radius 2 is 0.864 bits per heavy atom. The molecule has 0 fully saturated rings. The van der Waals surface area contributed by atoms with Gasteiger partial charge in [-0.2, -0.15) is 0 Å². The van der Waals surface area contributed by atoms with Crippen LogP contribution in [0.15, 0.2) is 91.0 Å². The molecule has 1 aliphatic heterocycles. The standard InChI is InChI=1S/C21H18P/c1-22(19-15-9-4-10-16-19)20(17-11-5-2-6-12-17)21(22)18-13-7-3-8-14-18/h2-16H,1H3/q+1. The van der Waals surface area contributed by atoms with Gasteiger partial charge in [-0.3, -0.25) is 0 Å². The van der Waals surface area contributed by atoms with Crippen molar-refractivity contribution in [3.8, 4) is 0 Å². The largest absolute Gasteiger partial charge is 0.155 e. The average Bonchev–Trinajstić information content (AvgIpc) is 3.24. The van der Waals surface area contributed by atoms with Crippen LogP contribution in [0.3, 0.4) is 0 Å². The number of hydrogen-bond acceptors (Lipinski definition) is 0. The highest BCUT2D eigenvalue weighted by atomic mass is 31.2. The molecule has 0 amide bonds. The maximum Gasteiger partial charge on any atom is 0.155 e. The van der Waals surface area contributed by atoms with Crippen LogP contribution in [-0.2, 0) is 0 Å². The van der Waals surface area contributed by atoms with Crippen LogP contribution in [0.1, 0.15) is 11.1 Å². The van der Waals surface area contributed by atoms with Crippen molar-refractivity contribution in [2.24, 2.45) is 0 Å². The van der Waals surface area contributed by atoms with Crippen molar-refractivity contribution < 1.29 is 0 Å². The van der Waals surface area contributed by atoms with Gasteiger partial charge in [0.2, 0.25) is 0 Å². The first-order valence-electron chi connectivity index (χ1n) is 7.60. The van der Waals surface area contributed by atoms with Gasteiger partial charge in [0.1, 0.15) is 12.6 Å². The highest BCUT2D eigenvalue weighted by Crippen LogP contribution is 2.90. The molecular formula is C21H18P+. The van der Waals surface area contributed by atoms with Gasteiger partial charge in [0, 0.05) is 11.1 Å². The number of rotatable bonds is 3. The first-order chi connectivity index (χ1) is 10.8. The van der Waals surface area contributed by atoms with Gasteiger partial charge < -0.3 is 0 Å². The molecule has 4 rings (SSSR count). The van der Waals surface area contributed by atoms with Gasteiger partial charge in [0.05, 0.1) is 6.66 Å². The van der Waals surface area contributed by atoms with Crippen molar-refractivity contribution in [3.05, 3.63) is 102 Å². The van der Waals surface area contributed by atoms with E-state index in [4.69, 9.17) is 0 Å². The van der Waals surface area contributed by atoms with Crippen molar-refractivity contribution >= 4 is 23.2 Å². The molecular weight excluding hydrogens is 283 g/mol. The minimum Gasteiger partial charge on any atom is -0.0622 e. The van der Waals surface area contributed by atoms with Gasteiger partial charge >= 0.3 is 0 Å². The number of hydrogen-bond donors (Lipinski definition) is 0. The first kappa shape index (κ1) is 13.5. The van der Waals surface area contributed by atoms with Crippen LogP contribution >= 0.6 is 7.26 Å². The molecule has 3 aromatic rings. The van der Waals surface area contributed by atoms with Gasteiger partial charge in [-0.25, -0.2) is 0 Å². The van der Waals surface area contributed by atoms with E-state index in [0.29, 0.717) is 0 Å². The van der Waals surface area contributed by atoms with Gasteiger partial charge in [0.25, 0.3) is 0 Å². The average molecular weight is 301 g/mol. The lowest BCUT2D eigenvalue weighted by molar-refractivity contribution is 1.65. The molecule has 0 N–H and O–H groups in total. The van der Waals surface area contributed by atoms with Crippen LogP contribution in [0.25, 0.3) is 10.6 Å². The molecule has 0 radical (unpaired) electrons. The van der Waals surface area contributed by atoms with Gasteiger partial charge in [-0.15, -0.1) is 0 Å². The fourth-order valence-electron chi connectivity index (χ4n) is 3.29. The van der Waals surface area contributed by atoms with Crippen LogP contribution in [0, 0.1) is 0 Å². The lowest BCUT2D eigenvalue weighted by Crippen LogP contribution is -2.01. The topological polar surface area (TPSA) is 0 Å². The third-order valence-corrected chi connectivity index (χ3v) is 8.30. The monoisotopic (exact) mass is 301 g/mol. The summed E-state index contributed by atoms with van der Waals surface area (Å²) in [7, 11) is -1.35. The second-order valence-electron chi connectivity index (χ2n) is 5.77. The Morgan fingerprint density at radius 1 is 0.500 bits per heavy atom. The molecule has 0 nitrogen and oxygen atoms in total. The predicted molar refractivity (Wildman–Crippen MR) is 98.6 cm³/mol. The highest BCUT2D eigenvalue weighted by Gasteiger charge is 2.62. The van der Waals surface area contributed by atoms with E-state index in [9.17, 15) is 0 Å². The first-order valence-corrected chi connectivity index (χ1v) is 9.84. The Balaban J connectivity index is 1.88. The third-order valence-electron chi connectivity index (χ3n) is 4.44. The van der Waals surface area contributed by atoms with Crippen LogP contribution in [0.2, 0.25) is 0 Å². The second-order valence-corrected chi connectivity index (χ2v) is 9.19. The van der Waals surface area contributed by atoms with Crippen molar-refractivity contribution in [3.63, 3.8) is 0 Å². The van der Waals surface area contributed by atoms with Crippen molar-refractivity contribution in [1.82, 2.24) is 0 Å². The molecule has 0 saturated carbocycles. The Bertz CT molecular complexity index is 768. The molecule has 3 aromatic carbocycles. The lowest BCUT2D eigenvalue weighted by atomic mass is 10.1. The van der Waals surface area contributed by atoms with E-state index < -0.39 is 7.26 Å². The molecule has 0 spiro atoms. The van der Waals surface area contributed by atoms with E-state index in [1.807, 2.05) is 0 Å². The zero-order valence-corrected chi connectivity index (χ0v) is 13.5. The molecule has 0 aromatic heterocycles. The summed E-state index contributed by atoms with van der Waals surface area (Å²) < 4.78 is 0. The molecule has 22 heavy (non-hydrogen) atoms. The van der Waals surface area contributed by atoms with Crippen molar-refractivity contribution in [2.45, 2.75) is 0 Å². The molecule has 0 aliphatic carbocycles. The summed E-state index contributed by atoms with van der Waals surface area (Å²) in [6.07, 6.45) is 0. The fraction of sp³-hybridized carbons (Fsp3) is 0.0476. The van der Waals surface area contributed by atoms with E-state index in [-0.39, 0.29) is 0 Å². The fourth-order valence-corrected chi connectivity index (χ4v) is 7.27. The highest BCUT2D eigenvalue weighted by molar-refractivity contribution is 8.08. The minimum atomic E-state index is -1.35. The summed E-state index contributed by atoms with van der Waals surface area (Å²) in [5, 5.41) is 4.60. The minimum absolute atomic E-state index is 1.35. The van der Waals surface area contributed by atoms with Crippen molar-refractivity contribution in [1.29, 1.82) is 0 Å². The molecule has 106 valence electrons. The summed E-state index contributed by atoms with van der Waals surface area (Å²) in [6.45, 7) is 2.45. The Kier molecular flexibility index (Phi) is 3.21. The molecule has 0 unspecified atom stereocenters. The molecule has 0 saturated heterocycles. The third kappa shape index (κ3) is 2.03. The number of benzene rings is 3. The summed E-state index contributed by atoms with van der Waals surface area (Å²) in [5.41, 5.74) is 2.75. The van der Waals surface area contributed by atoms with E-state index in [1.54, 1.807) is 10.6 Å². The van der Waals surface area contributed by atoms with E-state index in [1.165, 1.54) is 16.4 Å². The molecule has 1 heterocycles. The molecule has 1 heteroatoms. The van der Waals surface area contributed by atoms with Gasteiger partial charge in [0.15, 0.2) is 10.6 Å². The summed E-state index contributed by atoms with van der Waals surface area (Å²) in [4.78, 5) is 0. The zero-order valence-electron chi connectivity index (χ0n) is 12.6. The smallest absolute Gasteiger partial charge is 0.0622 e. The van der Waals surface area contributed by atoms with Gasteiger partial charge in [-0.1, -0.05) is 78.9 Å². The summed E-state index contributed by atoms with van der Waals surface area (Å²) in [6, 6.07) is 32.7. The molecule has 1 aliphatic rings. The Hall–Kier alpha value is -2.17. The SMILES string of the molecule is C[P+]1(c2ccccc2)C(c2ccccc2)=C1c1ccccc1. The quantitative estimate of drug-likeness (QED) is 0.560. The van der Waals surface area contributed by atoms with E-state index in [0.717, 1.165) is 0 Å². The van der Waals surface area contributed by atoms with Crippen LogP contribution in [0.5, 0.6) is 0 Å². The predicted octanol–water partition coefficient (Wildman–Crippen LogP) is 5.50. The van der Waals surface area contributed by atoms with Gasteiger partial charge in [-0.05, 0) is 12.1 Å². The summed E-state index contributed by atoms with van der Waals surface area (Å²) in [5.74, 6) is 0. The Labute approximate surface area is 132 Å². The van der Waals surface area contributed by atoms with E-state index in [2.05, 4.69) is 97.7 Å². The van der Waals surface area contributed by atoms with Crippen LogP contribution < -0.4 is 5.30 Å². The molecule has 0 atom stereocenters.